The average molecular weight is 635 g/mol. The second kappa shape index (κ2) is 21.5. The lowest BCUT2D eigenvalue weighted by Crippen LogP contribution is -2.58. The number of halogens is 1. The van der Waals surface area contributed by atoms with Crippen LogP contribution in [-0.4, -0.2) is 160 Å². The molecule has 18 heteroatoms. The van der Waals surface area contributed by atoms with Gasteiger partial charge in [0.05, 0.1) is 43.7 Å². The molecule has 0 radical (unpaired) electrons. The number of aliphatic hydroxyl groups is 8. The van der Waals surface area contributed by atoms with Crippen LogP contribution in [0.1, 0.15) is 38.5 Å². The number of nitrogens with two attached hydrogens (primary N) is 2. The third-order valence-electron chi connectivity index (χ3n) is 7.04. The molecule has 3 fully saturated rings. The van der Waals surface area contributed by atoms with Crippen LogP contribution in [0.3, 0.4) is 0 Å². The molecule has 0 aromatic carbocycles. The SMILES string of the molecule is CO.NCCC(O)C(=O)NC1CC(N)[C@@H](O[C@@H]2CC[C@H](O)C(CNCC(O)CO)O2)C(O)C1.OC1COC(OF)C(O)C1. The maximum absolute atomic E-state index is 12.0. The fourth-order valence-electron chi connectivity index (χ4n) is 4.79. The molecule has 0 bridgehead atoms. The molecule has 1 aliphatic carbocycles. The Labute approximate surface area is 249 Å². The van der Waals surface area contributed by atoms with Crippen LogP contribution in [0.2, 0.25) is 0 Å². The Balaban J connectivity index is 0.000000644. The molecule has 43 heavy (non-hydrogen) atoms. The summed E-state index contributed by atoms with van der Waals surface area (Å²) in [7, 11) is 1.00. The van der Waals surface area contributed by atoms with E-state index in [2.05, 4.69) is 20.3 Å². The molecule has 17 nitrogen and oxygen atoms in total. The van der Waals surface area contributed by atoms with E-state index in [0.717, 1.165) is 7.11 Å². The Morgan fingerprint density at radius 1 is 1.07 bits per heavy atom. The number of carbonyl (C=O) groups excluding carboxylic acids is 1. The summed E-state index contributed by atoms with van der Waals surface area (Å²) in [5.74, 6) is -0.541. The van der Waals surface area contributed by atoms with E-state index in [0.29, 0.717) is 19.3 Å². The smallest absolute Gasteiger partial charge is 0.249 e. The average Bonchev–Trinajstić information content (AvgIpc) is 2.98. The van der Waals surface area contributed by atoms with Crippen LogP contribution in [0.15, 0.2) is 0 Å². The first kappa shape index (κ1) is 39.8. The van der Waals surface area contributed by atoms with Gasteiger partial charge in [-0.05, 0) is 36.8 Å². The van der Waals surface area contributed by atoms with Gasteiger partial charge in [0.15, 0.2) is 6.29 Å². The highest BCUT2D eigenvalue weighted by atomic mass is 19.3. The monoisotopic (exact) mass is 634 g/mol. The minimum atomic E-state index is -1.23. The standard InChI is InChI=1S/C19H38N4O8.C5H9FO4.CH4O/c20-4-3-14(27)19(29)23-10-5-12(21)18(15(28)6-10)31-17-2-1-13(26)16(30-17)8-22-7-11(25)9-24;6-10-5-4(8)1-3(7)2-9-5;1-2/h10-18,22,24-28H,1-9,20-21H2,(H,23,29);3-5,7-8H,1-2H2;2H,1H3/t10?,11?,12?,13-,14?,15?,16?,17+,18+;;/m0../s1. The Kier molecular flexibility index (Phi) is 19.9. The van der Waals surface area contributed by atoms with Crippen molar-refractivity contribution >= 4 is 5.91 Å². The molecule has 2 heterocycles. The van der Waals surface area contributed by atoms with E-state index in [9.17, 15) is 29.7 Å². The predicted octanol–water partition coefficient (Wildman–Crippen LogP) is -5.18. The van der Waals surface area contributed by atoms with Gasteiger partial charge in [-0.3, -0.25) is 4.79 Å². The van der Waals surface area contributed by atoms with Gasteiger partial charge in [-0.1, -0.05) is 0 Å². The van der Waals surface area contributed by atoms with E-state index in [1.54, 1.807) is 0 Å². The minimum Gasteiger partial charge on any atom is -0.400 e. The molecule has 2 aliphatic heterocycles. The van der Waals surface area contributed by atoms with E-state index >= 15 is 0 Å². The summed E-state index contributed by atoms with van der Waals surface area (Å²) in [6.07, 6.45) is -7.01. The van der Waals surface area contributed by atoms with Crippen molar-refractivity contribution in [2.75, 3.05) is 40.0 Å². The first-order chi connectivity index (χ1) is 20.5. The summed E-state index contributed by atoms with van der Waals surface area (Å²) in [6.45, 7) is 0.250. The minimum absolute atomic E-state index is 0.00560. The lowest BCUT2D eigenvalue weighted by atomic mass is 9.86. The van der Waals surface area contributed by atoms with Crippen LogP contribution < -0.4 is 22.1 Å². The number of rotatable bonds is 12. The normalized spacial score (nSPS) is 35.8. The molecule has 3 aliphatic rings. The molecule has 3 rings (SSSR count). The van der Waals surface area contributed by atoms with Gasteiger partial charge in [0, 0.05) is 45.1 Å². The number of aliphatic hydroxyl groups excluding tert-OH is 8. The topological polar surface area (TPSA) is 292 Å². The molecule has 0 aromatic heterocycles. The van der Waals surface area contributed by atoms with Crippen LogP contribution in [-0.2, 0) is 23.9 Å². The van der Waals surface area contributed by atoms with Crippen molar-refractivity contribution in [2.45, 2.75) is 112 Å². The number of hydrogen-bond acceptors (Lipinski definition) is 16. The van der Waals surface area contributed by atoms with Crippen LogP contribution >= 0.6 is 0 Å². The molecule has 1 amide bonds. The summed E-state index contributed by atoms with van der Waals surface area (Å²) in [6, 6.07) is -0.957. The van der Waals surface area contributed by atoms with Crippen molar-refractivity contribution < 1.29 is 69.3 Å². The highest BCUT2D eigenvalue weighted by molar-refractivity contribution is 5.80. The molecule has 256 valence electrons. The van der Waals surface area contributed by atoms with Gasteiger partial charge in [0.2, 0.25) is 12.2 Å². The number of hydrogen-bond donors (Lipinski definition) is 12. The molecule has 14 N–H and O–H groups in total. The van der Waals surface area contributed by atoms with Crippen molar-refractivity contribution in [1.29, 1.82) is 0 Å². The number of carbonyl (C=O) groups is 1. The summed E-state index contributed by atoms with van der Waals surface area (Å²) in [5.41, 5.74) is 11.5. The third-order valence-corrected chi connectivity index (χ3v) is 7.04. The maximum atomic E-state index is 12.0. The van der Waals surface area contributed by atoms with Gasteiger partial charge in [-0.2, -0.15) is 4.94 Å². The third kappa shape index (κ3) is 14.2. The predicted molar refractivity (Wildman–Crippen MR) is 146 cm³/mol. The van der Waals surface area contributed by atoms with Gasteiger partial charge in [0.1, 0.15) is 18.3 Å². The maximum Gasteiger partial charge on any atom is 0.249 e. The van der Waals surface area contributed by atoms with Crippen LogP contribution in [0.5, 0.6) is 0 Å². The highest BCUT2D eigenvalue weighted by Gasteiger charge is 2.40. The van der Waals surface area contributed by atoms with Gasteiger partial charge < -0.3 is 77.2 Å². The van der Waals surface area contributed by atoms with E-state index < -0.39 is 79.4 Å². The molecular weight excluding hydrogens is 583 g/mol. The van der Waals surface area contributed by atoms with Gasteiger partial charge in [-0.25, -0.2) is 0 Å². The fraction of sp³-hybridized carbons (Fsp3) is 0.960. The van der Waals surface area contributed by atoms with Crippen molar-refractivity contribution in [1.82, 2.24) is 10.6 Å². The molecule has 12 atom stereocenters. The Bertz CT molecular complexity index is 739. The first-order valence-electron chi connectivity index (χ1n) is 14.3. The second-order valence-electron chi connectivity index (χ2n) is 10.6. The quantitative estimate of drug-likeness (QED) is 0.0955. The summed E-state index contributed by atoms with van der Waals surface area (Å²) >= 11 is 0. The van der Waals surface area contributed by atoms with Gasteiger partial charge in [-0.15, -0.1) is 0 Å². The zero-order valence-electron chi connectivity index (χ0n) is 24.4. The lowest BCUT2D eigenvalue weighted by Gasteiger charge is -2.42. The number of amides is 1. The molecule has 0 aromatic rings. The van der Waals surface area contributed by atoms with Crippen molar-refractivity contribution in [2.24, 2.45) is 11.5 Å². The molecule has 2 saturated heterocycles. The van der Waals surface area contributed by atoms with Crippen LogP contribution in [0, 0.1) is 0 Å². The fourth-order valence-corrected chi connectivity index (χ4v) is 4.79. The van der Waals surface area contributed by atoms with E-state index in [1.165, 1.54) is 0 Å². The van der Waals surface area contributed by atoms with Crippen LogP contribution in [0.25, 0.3) is 0 Å². The van der Waals surface area contributed by atoms with E-state index in [-0.39, 0.29) is 52.1 Å². The second-order valence-corrected chi connectivity index (χ2v) is 10.6. The zero-order chi connectivity index (χ0) is 32.5. The molecular formula is C25H51FN4O13. The summed E-state index contributed by atoms with van der Waals surface area (Å²) in [5, 5.41) is 79.0. The van der Waals surface area contributed by atoms with Crippen molar-refractivity contribution in [3.05, 3.63) is 0 Å². The largest absolute Gasteiger partial charge is 0.400 e. The van der Waals surface area contributed by atoms with E-state index in [4.69, 9.17) is 41.4 Å². The Morgan fingerprint density at radius 2 is 1.77 bits per heavy atom. The molecule has 1 saturated carbocycles. The molecule has 9 unspecified atom stereocenters. The van der Waals surface area contributed by atoms with Crippen LogP contribution in [0.4, 0.5) is 4.53 Å². The number of ether oxygens (including phenoxy) is 3. The van der Waals surface area contributed by atoms with Crippen molar-refractivity contribution in [3.63, 3.8) is 0 Å². The molecule has 0 spiro atoms. The Hall–Kier alpha value is -1.20. The van der Waals surface area contributed by atoms with E-state index in [1.807, 2.05) is 0 Å². The first-order valence-corrected chi connectivity index (χ1v) is 14.3. The van der Waals surface area contributed by atoms with Crippen molar-refractivity contribution in [3.8, 4) is 0 Å². The van der Waals surface area contributed by atoms with Gasteiger partial charge >= 0.3 is 0 Å². The van der Waals surface area contributed by atoms with Gasteiger partial charge in [0.25, 0.3) is 0 Å². The lowest BCUT2D eigenvalue weighted by molar-refractivity contribution is -0.324. The highest BCUT2D eigenvalue weighted by Crippen LogP contribution is 2.27. The number of nitrogens with one attached hydrogen (secondary N) is 2. The zero-order valence-corrected chi connectivity index (χ0v) is 24.4. The Morgan fingerprint density at radius 3 is 2.35 bits per heavy atom. The summed E-state index contributed by atoms with van der Waals surface area (Å²) < 4.78 is 27.7. The summed E-state index contributed by atoms with van der Waals surface area (Å²) in [4.78, 5) is 15.2.